The Morgan fingerprint density at radius 3 is 2.84 bits per heavy atom. The normalized spacial score (nSPS) is 10.7. The molecule has 2 heterocycles. The van der Waals surface area contributed by atoms with Gasteiger partial charge in [0, 0.05) is 21.4 Å². The van der Waals surface area contributed by atoms with Gasteiger partial charge in [0.1, 0.15) is 12.4 Å². The van der Waals surface area contributed by atoms with E-state index in [1.807, 2.05) is 22.6 Å². The Kier molecular flexibility index (Phi) is 4.98. The molecule has 0 unspecified atom stereocenters. The SMILES string of the molecule is COC(=O)Cn1ccc2cncc(Nc3ccc(I)cc3F)c2c1=O. The molecule has 0 spiro atoms. The lowest BCUT2D eigenvalue weighted by Gasteiger charge is -2.12. The van der Waals surface area contributed by atoms with Gasteiger partial charge < -0.3 is 14.6 Å². The molecule has 3 aromatic rings. The summed E-state index contributed by atoms with van der Waals surface area (Å²) in [5.41, 5.74) is 0.207. The van der Waals surface area contributed by atoms with Gasteiger partial charge in [0.15, 0.2) is 0 Å². The van der Waals surface area contributed by atoms with Crippen molar-refractivity contribution in [1.29, 1.82) is 0 Å². The molecule has 0 radical (unpaired) electrons. The summed E-state index contributed by atoms with van der Waals surface area (Å²) in [4.78, 5) is 28.3. The van der Waals surface area contributed by atoms with E-state index in [-0.39, 0.29) is 12.2 Å². The molecule has 8 heteroatoms. The first-order chi connectivity index (χ1) is 12.0. The highest BCUT2D eigenvalue weighted by Crippen LogP contribution is 2.25. The number of ether oxygens (including phenoxy) is 1. The molecule has 1 N–H and O–H groups in total. The third-order valence-electron chi connectivity index (χ3n) is 3.61. The highest BCUT2D eigenvalue weighted by atomic mass is 127. The van der Waals surface area contributed by atoms with Crippen molar-refractivity contribution in [3.05, 3.63) is 62.6 Å². The highest BCUT2D eigenvalue weighted by Gasteiger charge is 2.12. The first-order valence-corrected chi connectivity index (χ1v) is 8.33. The van der Waals surface area contributed by atoms with Crippen LogP contribution in [0.1, 0.15) is 0 Å². The van der Waals surface area contributed by atoms with Gasteiger partial charge in [-0.1, -0.05) is 0 Å². The van der Waals surface area contributed by atoms with Gasteiger partial charge in [0.25, 0.3) is 5.56 Å². The summed E-state index contributed by atoms with van der Waals surface area (Å²) < 4.78 is 20.7. The fourth-order valence-electron chi connectivity index (χ4n) is 2.38. The average molecular weight is 453 g/mol. The van der Waals surface area contributed by atoms with Gasteiger partial charge in [0.05, 0.1) is 30.1 Å². The van der Waals surface area contributed by atoms with E-state index in [2.05, 4.69) is 15.0 Å². The van der Waals surface area contributed by atoms with Crippen LogP contribution in [0, 0.1) is 9.39 Å². The maximum absolute atomic E-state index is 14.1. The number of nitrogens with zero attached hydrogens (tertiary/aromatic N) is 2. The number of pyridine rings is 2. The number of hydrogen-bond donors (Lipinski definition) is 1. The van der Waals surface area contributed by atoms with Gasteiger partial charge in [-0.05, 0) is 46.9 Å². The molecule has 2 aromatic heterocycles. The Morgan fingerprint density at radius 2 is 2.12 bits per heavy atom. The van der Waals surface area contributed by atoms with E-state index in [1.165, 1.54) is 36.3 Å². The zero-order valence-corrected chi connectivity index (χ0v) is 15.3. The van der Waals surface area contributed by atoms with Crippen LogP contribution in [-0.2, 0) is 16.1 Å². The minimum absolute atomic E-state index is 0.203. The van der Waals surface area contributed by atoms with Crippen molar-refractivity contribution in [2.75, 3.05) is 12.4 Å². The van der Waals surface area contributed by atoms with E-state index in [9.17, 15) is 14.0 Å². The standard InChI is InChI=1S/C17H13FIN3O3/c1-25-15(23)9-22-5-4-10-7-20-8-14(16(10)17(22)24)21-13-3-2-11(19)6-12(13)18/h2-8,21H,9H2,1H3. The lowest BCUT2D eigenvalue weighted by molar-refractivity contribution is -0.141. The van der Waals surface area contributed by atoms with E-state index < -0.39 is 17.3 Å². The molecule has 0 amide bonds. The number of anilines is 2. The van der Waals surface area contributed by atoms with Crippen molar-refractivity contribution in [2.24, 2.45) is 0 Å². The third kappa shape index (κ3) is 3.63. The molecule has 25 heavy (non-hydrogen) atoms. The van der Waals surface area contributed by atoms with E-state index in [1.54, 1.807) is 18.2 Å². The number of carbonyl (C=O) groups is 1. The molecule has 128 valence electrons. The number of halogens is 2. The van der Waals surface area contributed by atoms with Crippen LogP contribution >= 0.6 is 22.6 Å². The Bertz CT molecular complexity index is 1020. The van der Waals surface area contributed by atoms with E-state index in [4.69, 9.17) is 0 Å². The summed E-state index contributed by atoms with van der Waals surface area (Å²) in [6.45, 7) is -0.203. The smallest absolute Gasteiger partial charge is 0.325 e. The summed E-state index contributed by atoms with van der Waals surface area (Å²) >= 11 is 2.01. The second-order valence-electron chi connectivity index (χ2n) is 5.23. The van der Waals surface area contributed by atoms with Gasteiger partial charge in [-0.25, -0.2) is 4.39 Å². The molecule has 1 aromatic carbocycles. The van der Waals surface area contributed by atoms with Gasteiger partial charge in [-0.3, -0.25) is 14.6 Å². The Labute approximate surface area is 155 Å². The quantitative estimate of drug-likeness (QED) is 0.486. The number of methoxy groups -OCH3 is 1. The van der Waals surface area contributed by atoms with Crippen molar-refractivity contribution in [3.63, 3.8) is 0 Å². The molecule has 0 aliphatic rings. The zero-order chi connectivity index (χ0) is 18.0. The van der Waals surface area contributed by atoms with E-state index in [0.717, 1.165) is 3.57 Å². The van der Waals surface area contributed by atoms with Gasteiger partial charge in [-0.2, -0.15) is 0 Å². The summed E-state index contributed by atoms with van der Waals surface area (Å²) in [5.74, 6) is -0.969. The number of carbonyl (C=O) groups excluding carboxylic acids is 1. The van der Waals surface area contributed by atoms with Crippen LogP contribution in [0.2, 0.25) is 0 Å². The Hall–Kier alpha value is -2.49. The Balaban J connectivity index is 2.10. The fourth-order valence-corrected chi connectivity index (χ4v) is 2.84. The van der Waals surface area contributed by atoms with Crippen LogP contribution in [0.3, 0.4) is 0 Å². The molecule has 0 saturated heterocycles. The molecule has 0 aliphatic carbocycles. The molecular weight excluding hydrogens is 440 g/mol. The number of benzene rings is 1. The minimum Gasteiger partial charge on any atom is -0.468 e. The van der Waals surface area contributed by atoms with E-state index in [0.29, 0.717) is 16.5 Å². The fraction of sp³-hybridized carbons (Fsp3) is 0.118. The molecule has 3 rings (SSSR count). The van der Waals surface area contributed by atoms with Crippen molar-refractivity contribution in [1.82, 2.24) is 9.55 Å². The van der Waals surface area contributed by atoms with Crippen LogP contribution in [-0.4, -0.2) is 22.6 Å². The first-order valence-electron chi connectivity index (χ1n) is 7.25. The second-order valence-corrected chi connectivity index (χ2v) is 6.47. The summed E-state index contributed by atoms with van der Waals surface area (Å²) in [7, 11) is 1.25. The van der Waals surface area contributed by atoms with Crippen LogP contribution in [0.25, 0.3) is 10.8 Å². The number of rotatable bonds is 4. The predicted molar refractivity (Wildman–Crippen MR) is 100 cm³/mol. The Morgan fingerprint density at radius 1 is 1.32 bits per heavy atom. The zero-order valence-electron chi connectivity index (χ0n) is 13.1. The lowest BCUT2D eigenvalue weighted by atomic mass is 10.2. The minimum atomic E-state index is -0.534. The summed E-state index contributed by atoms with van der Waals surface area (Å²) in [6.07, 6.45) is 4.48. The number of nitrogens with one attached hydrogen (secondary N) is 1. The van der Waals surface area contributed by atoms with Crippen molar-refractivity contribution >= 4 is 50.7 Å². The number of fused-ring (bicyclic) bond motifs is 1. The lowest BCUT2D eigenvalue weighted by Crippen LogP contribution is -2.24. The third-order valence-corrected chi connectivity index (χ3v) is 4.28. The van der Waals surface area contributed by atoms with Crippen molar-refractivity contribution in [3.8, 4) is 0 Å². The van der Waals surface area contributed by atoms with Crippen LogP contribution in [0.5, 0.6) is 0 Å². The molecule has 0 fully saturated rings. The average Bonchev–Trinajstić information content (AvgIpc) is 2.59. The van der Waals surface area contributed by atoms with Gasteiger partial charge in [0.2, 0.25) is 0 Å². The van der Waals surface area contributed by atoms with Gasteiger partial charge >= 0.3 is 5.97 Å². The van der Waals surface area contributed by atoms with Crippen molar-refractivity contribution in [2.45, 2.75) is 6.54 Å². The van der Waals surface area contributed by atoms with Crippen LogP contribution in [0.15, 0.2) is 47.7 Å². The molecule has 0 saturated carbocycles. The van der Waals surface area contributed by atoms with E-state index >= 15 is 0 Å². The molecular formula is C17H13FIN3O3. The molecule has 0 atom stereocenters. The summed E-state index contributed by atoms with van der Waals surface area (Å²) in [6, 6.07) is 6.39. The first kappa shape index (κ1) is 17.3. The van der Waals surface area contributed by atoms with Gasteiger partial charge in [-0.15, -0.1) is 0 Å². The van der Waals surface area contributed by atoms with Crippen LogP contribution < -0.4 is 10.9 Å². The maximum Gasteiger partial charge on any atom is 0.325 e. The second kappa shape index (κ2) is 7.18. The number of esters is 1. The largest absolute Gasteiger partial charge is 0.468 e. The summed E-state index contributed by atoms with van der Waals surface area (Å²) in [5, 5.41) is 3.81. The van der Waals surface area contributed by atoms with Crippen LogP contribution in [0.4, 0.5) is 15.8 Å². The van der Waals surface area contributed by atoms with Crippen molar-refractivity contribution < 1.29 is 13.9 Å². The number of aromatic nitrogens is 2. The monoisotopic (exact) mass is 453 g/mol. The topological polar surface area (TPSA) is 73.2 Å². The number of hydrogen-bond acceptors (Lipinski definition) is 5. The predicted octanol–water partition coefficient (Wildman–Crippen LogP) is 3.06. The maximum atomic E-state index is 14.1. The highest BCUT2D eigenvalue weighted by molar-refractivity contribution is 14.1. The molecule has 0 bridgehead atoms. The molecule has 0 aliphatic heterocycles. The molecule has 6 nitrogen and oxygen atoms in total.